The molecule has 8 heteroatoms. The summed E-state index contributed by atoms with van der Waals surface area (Å²) >= 11 is 0. The minimum absolute atomic E-state index is 0.133. The molecule has 0 radical (unpaired) electrons. The quantitative estimate of drug-likeness (QED) is 0.783. The number of benzene rings is 1. The summed E-state index contributed by atoms with van der Waals surface area (Å²) in [5, 5.41) is 34.1. The summed E-state index contributed by atoms with van der Waals surface area (Å²) in [5.74, 6) is -2.11. The molecule has 1 atom stereocenters. The van der Waals surface area contributed by atoms with E-state index in [4.69, 9.17) is 10.2 Å². The first-order chi connectivity index (χ1) is 10.1. The van der Waals surface area contributed by atoms with Crippen LogP contribution in [0.25, 0.3) is 10.8 Å². The Morgan fingerprint density at radius 3 is 2.71 bits per heavy atom. The van der Waals surface area contributed by atoms with Crippen molar-refractivity contribution in [1.82, 2.24) is 10.2 Å². The Labute approximate surface area is 119 Å². The fourth-order valence-electron chi connectivity index (χ4n) is 1.70. The molecule has 2 aromatic rings. The molecule has 0 aliphatic heterocycles. The zero-order valence-electron chi connectivity index (χ0n) is 10.9. The molecule has 0 bridgehead atoms. The van der Waals surface area contributed by atoms with Gasteiger partial charge >= 0.3 is 11.9 Å². The van der Waals surface area contributed by atoms with E-state index in [9.17, 15) is 9.59 Å². The first kappa shape index (κ1) is 14.5. The zero-order valence-corrected chi connectivity index (χ0v) is 10.9. The average Bonchev–Trinajstić information content (AvgIpc) is 2.46. The van der Waals surface area contributed by atoms with Crippen LogP contribution < -0.4 is 0 Å². The number of nitrogens with zero attached hydrogens (tertiary/aromatic N) is 4. The fraction of sp³-hybridized carbons (Fsp3) is 0.231. The van der Waals surface area contributed by atoms with E-state index in [1.165, 1.54) is 0 Å². The average molecular weight is 288 g/mol. The highest BCUT2D eigenvalue weighted by Crippen LogP contribution is 2.22. The van der Waals surface area contributed by atoms with Gasteiger partial charge in [0.15, 0.2) is 6.04 Å². The van der Waals surface area contributed by atoms with Crippen LogP contribution in [0.5, 0.6) is 0 Å². The lowest BCUT2D eigenvalue weighted by molar-refractivity contribution is -0.139. The predicted octanol–water partition coefficient (Wildman–Crippen LogP) is 2.03. The summed E-state index contributed by atoms with van der Waals surface area (Å²) in [6.45, 7) is 0. The molecule has 0 spiro atoms. The van der Waals surface area contributed by atoms with Crippen LogP contribution >= 0.6 is 0 Å². The van der Waals surface area contributed by atoms with Crippen LogP contribution in [-0.2, 0) is 9.59 Å². The minimum atomic E-state index is -1.23. The van der Waals surface area contributed by atoms with Gasteiger partial charge in [0, 0.05) is 17.2 Å². The molecule has 0 amide bonds. The second kappa shape index (κ2) is 6.51. The third-order valence-electron chi connectivity index (χ3n) is 2.76. The topological polar surface area (TPSA) is 125 Å². The van der Waals surface area contributed by atoms with Gasteiger partial charge in [-0.3, -0.25) is 4.79 Å². The lowest BCUT2D eigenvalue weighted by atomic mass is 10.2. The molecule has 0 saturated carbocycles. The van der Waals surface area contributed by atoms with Gasteiger partial charge in [-0.2, -0.15) is 10.2 Å². The Morgan fingerprint density at radius 1 is 1.24 bits per heavy atom. The highest BCUT2D eigenvalue weighted by atomic mass is 16.4. The van der Waals surface area contributed by atoms with Gasteiger partial charge in [0.25, 0.3) is 0 Å². The molecule has 0 aliphatic carbocycles. The van der Waals surface area contributed by atoms with Gasteiger partial charge in [-0.15, -0.1) is 10.2 Å². The van der Waals surface area contributed by atoms with Crippen molar-refractivity contribution in [1.29, 1.82) is 0 Å². The van der Waals surface area contributed by atoms with Gasteiger partial charge < -0.3 is 10.2 Å². The second-order valence-electron chi connectivity index (χ2n) is 4.26. The Hall–Kier alpha value is -2.90. The second-order valence-corrected chi connectivity index (χ2v) is 4.26. The predicted molar refractivity (Wildman–Crippen MR) is 72.3 cm³/mol. The third-order valence-corrected chi connectivity index (χ3v) is 2.76. The Bertz CT molecular complexity index is 696. The summed E-state index contributed by atoms with van der Waals surface area (Å²) < 4.78 is 0. The Kier molecular flexibility index (Phi) is 4.50. The summed E-state index contributed by atoms with van der Waals surface area (Å²) in [7, 11) is 0. The highest BCUT2D eigenvalue weighted by Gasteiger charge is 2.18. The summed E-state index contributed by atoms with van der Waals surface area (Å²) in [5.41, 5.74) is 0. The third kappa shape index (κ3) is 3.78. The number of carboxylic acid groups (broad SMARTS) is 2. The molecule has 1 heterocycles. The van der Waals surface area contributed by atoms with Crippen molar-refractivity contribution in [3.8, 4) is 0 Å². The van der Waals surface area contributed by atoms with Gasteiger partial charge in [0.2, 0.25) is 5.82 Å². The molecule has 108 valence electrons. The number of aliphatic carboxylic acids is 2. The Morgan fingerprint density at radius 2 is 2.00 bits per heavy atom. The van der Waals surface area contributed by atoms with Crippen molar-refractivity contribution < 1.29 is 19.8 Å². The van der Waals surface area contributed by atoms with Gasteiger partial charge in [-0.1, -0.05) is 24.3 Å². The fourth-order valence-corrected chi connectivity index (χ4v) is 1.70. The number of aromatic nitrogens is 2. The van der Waals surface area contributed by atoms with E-state index in [2.05, 4.69) is 20.4 Å². The minimum Gasteiger partial charge on any atom is -0.481 e. The standard InChI is InChI=1S/C13H12N4O4/c18-11(19)6-5-10(13(20)21)15-17-12-9-4-2-1-3-8(9)7-14-16-12/h1-4,7,10H,5-6H2,(H,18,19)(H,20,21). The number of carbonyl (C=O) groups is 2. The molecular weight excluding hydrogens is 276 g/mol. The normalized spacial score (nSPS) is 12.6. The molecule has 1 aromatic carbocycles. The summed E-state index contributed by atoms with van der Waals surface area (Å²) in [6.07, 6.45) is 1.14. The zero-order chi connectivity index (χ0) is 15.2. The highest BCUT2D eigenvalue weighted by molar-refractivity contribution is 5.89. The first-order valence-corrected chi connectivity index (χ1v) is 6.14. The summed E-state index contributed by atoms with van der Waals surface area (Å²) in [4.78, 5) is 21.5. The van der Waals surface area contributed by atoms with Crippen molar-refractivity contribution in [2.75, 3.05) is 0 Å². The SMILES string of the molecule is O=C(O)CCC(N=Nc1nncc2ccccc12)C(=O)O. The van der Waals surface area contributed by atoms with E-state index in [0.717, 1.165) is 5.39 Å². The molecule has 1 unspecified atom stereocenters. The maximum atomic E-state index is 11.0. The van der Waals surface area contributed by atoms with Gasteiger partial charge in [-0.05, 0) is 6.42 Å². The lowest BCUT2D eigenvalue weighted by Gasteiger charge is -2.04. The molecule has 2 rings (SSSR count). The molecule has 8 nitrogen and oxygen atoms in total. The van der Waals surface area contributed by atoms with Crippen LogP contribution in [0.4, 0.5) is 5.82 Å². The van der Waals surface area contributed by atoms with Crippen LogP contribution in [0.1, 0.15) is 12.8 Å². The van der Waals surface area contributed by atoms with Crippen LogP contribution in [-0.4, -0.2) is 38.4 Å². The van der Waals surface area contributed by atoms with Crippen molar-refractivity contribution >= 4 is 28.5 Å². The number of carboxylic acids is 2. The molecule has 2 N–H and O–H groups in total. The van der Waals surface area contributed by atoms with Crippen molar-refractivity contribution in [3.63, 3.8) is 0 Å². The molecule has 1 aromatic heterocycles. The van der Waals surface area contributed by atoms with Crippen LogP contribution in [0.2, 0.25) is 0 Å². The monoisotopic (exact) mass is 288 g/mol. The molecule has 0 aliphatic rings. The maximum absolute atomic E-state index is 11.0. The van der Waals surface area contributed by atoms with Crippen molar-refractivity contribution in [2.24, 2.45) is 10.2 Å². The van der Waals surface area contributed by atoms with Gasteiger partial charge in [-0.25, -0.2) is 4.79 Å². The van der Waals surface area contributed by atoms with E-state index < -0.39 is 18.0 Å². The van der Waals surface area contributed by atoms with Gasteiger partial charge in [0.1, 0.15) is 0 Å². The Balaban J connectivity index is 2.24. The largest absolute Gasteiger partial charge is 0.481 e. The number of azo groups is 1. The van der Waals surface area contributed by atoms with E-state index >= 15 is 0 Å². The van der Waals surface area contributed by atoms with E-state index in [0.29, 0.717) is 5.39 Å². The molecule has 21 heavy (non-hydrogen) atoms. The first-order valence-electron chi connectivity index (χ1n) is 6.14. The van der Waals surface area contributed by atoms with Crippen molar-refractivity contribution in [2.45, 2.75) is 18.9 Å². The van der Waals surface area contributed by atoms with Crippen LogP contribution in [0.15, 0.2) is 40.7 Å². The number of fused-ring (bicyclic) bond motifs is 1. The number of hydrogen-bond acceptors (Lipinski definition) is 6. The van der Waals surface area contributed by atoms with Crippen LogP contribution in [0.3, 0.4) is 0 Å². The maximum Gasteiger partial charge on any atom is 0.330 e. The molecular formula is C13H12N4O4. The molecule has 0 saturated heterocycles. The van der Waals surface area contributed by atoms with Crippen LogP contribution in [0, 0.1) is 0 Å². The van der Waals surface area contributed by atoms with E-state index in [1.54, 1.807) is 18.3 Å². The summed E-state index contributed by atoms with van der Waals surface area (Å²) in [6, 6.07) is 6.00. The van der Waals surface area contributed by atoms with E-state index in [1.807, 2.05) is 12.1 Å². The number of rotatable bonds is 6. The van der Waals surface area contributed by atoms with E-state index in [-0.39, 0.29) is 18.7 Å². The van der Waals surface area contributed by atoms with Gasteiger partial charge in [0.05, 0.1) is 6.20 Å². The lowest BCUT2D eigenvalue weighted by Crippen LogP contribution is -2.18. The van der Waals surface area contributed by atoms with Crippen molar-refractivity contribution in [3.05, 3.63) is 30.5 Å². The number of hydrogen-bond donors (Lipinski definition) is 2. The smallest absolute Gasteiger partial charge is 0.330 e. The molecule has 0 fully saturated rings.